The summed E-state index contributed by atoms with van der Waals surface area (Å²) in [7, 11) is 0. The second kappa shape index (κ2) is 10.8. The Hall–Kier alpha value is -3.80. The molecule has 0 bridgehead atoms. The molecule has 0 spiro atoms. The van der Waals surface area contributed by atoms with Gasteiger partial charge in [0, 0.05) is 23.5 Å². The van der Waals surface area contributed by atoms with Crippen LogP contribution in [0.3, 0.4) is 0 Å². The van der Waals surface area contributed by atoms with E-state index in [9.17, 15) is 9.59 Å². The van der Waals surface area contributed by atoms with Crippen molar-refractivity contribution in [3.63, 3.8) is 0 Å². The quantitative estimate of drug-likeness (QED) is 0.459. The smallest absolute Gasteiger partial charge is 0.243 e. The Morgan fingerprint density at radius 1 is 0.806 bits per heavy atom. The van der Waals surface area contributed by atoms with Crippen LogP contribution in [0.15, 0.2) is 72.8 Å². The number of carbonyl (C=O) groups excluding carboxylic acids is 2. The lowest BCUT2D eigenvalue weighted by Gasteiger charge is -2.14. The summed E-state index contributed by atoms with van der Waals surface area (Å²) in [6.07, 6.45) is 0.399. The molecule has 0 radical (unpaired) electrons. The molecule has 3 N–H and O–H groups in total. The molecular formula is C25H27N3O3. The van der Waals surface area contributed by atoms with E-state index in [1.807, 2.05) is 73.7 Å². The summed E-state index contributed by atoms with van der Waals surface area (Å²) in [4.78, 5) is 24.0. The Kier molecular flexibility index (Phi) is 7.65. The van der Waals surface area contributed by atoms with Crippen molar-refractivity contribution in [2.24, 2.45) is 0 Å². The number of nitrogens with one attached hydrogen (secondary N) is 3. The second-order valence-electron chi connectivity index (χ2n) is 7.08. The minimum Gasteiger partial charge on any atom is -0.489 e. The minimum atomic E-state index is -0.175. The van der Waals surface area contributed by atoms with Crippen molar-refractivity contribution in [1.82, 2.24) is 0 Å². The fraction of sp³-hybridized carbons (Fsp3) is 0.200. The zero-order valence-electron chi connectivity index (χ0n) is 17.8. The third kappa shape index (κ3) is 6.60. The SMILES string of the molecule is CCC(=O)Nc1cccc(NC(=O)CNc2ccc(OCc3ccccc3)cc2)c1C. The molecule has 0 fully saturated rings. The summed E-state index contributed by atoms with van der Waals surface area (Å²) >= 11 is 0. The zero-order valence-corrected chi connectivity index (χ0v) is 17.8. The van der Waals surface area contributed by atoms with E-state index in [0.717, 1.165) is 22.6 Å². The van der Waals surface area contributed by atoms with Crippen LogP contribution in [-0.2, 0) is 16.2 Å². The highest BCUT2D eigenvalue weighted by atomic mass is 16.5. The molecule has 0 saturated carbocycles. The van der Waals surface area contributed by atoms with E-state index in [1.54, 1.807) is 13.0 Å². The van der Waals surface area contributed by atoms with Crippen molar-refractivity contribution in [1.29, 1.82) is 0 Å². The van der Waals surface area contributed by atoms with E-state index in [2.05, 4.69) is 16.0 Å². The van der Waals surface area contributed by atoms with Crippen LogP contribution in [0, 0.1) is 6.92 Å². The molecule has 0 aromatic heterocycles. The van der Waals surface area contributed by atoms with Crippen molar-refractivity contribution in [3.05, 3.63) is 83.9 Å². The lowest BCUT2D eigenvalue weighted by molar-refractivity contribution is -0.116. The number of hydrogen-bond acceptors (Lipinski definition) is 4. The van der Waals surface area contributed by atoms with Crippen molar-refractivity contribution in [2.75, 3.05) is 22.5 Å². The van der Waals surface area contributed by atoms with Crippen LogP contribution in [0.2, 0.25) is 0 Å². The minimum absolute atomic E-state index is 0.0653. The molecule has 0 aliphatic heterocycles. The highest BCUT2D eigenvalue weighted by Crippen LogP contribution is 2.23. The summed E-state index contributed by atoms with van der Waals surface area (Å²) in [5.74, 6) is 0.524. The monoisotopic (exact) mass is 417 g/mol. The molecule has 2 amide bonds. The molecule has 0 aliphatic carbocycles. The van der Waals surface area contributed by atoms with Gasteiger partial charge in [-0.1, -0.05) is 43.3 Å². The van der Waals surface area contributed by atoms with Crippen LogP contribution < -0.4 is 20.7 Å². The lowest BCUT2D eigenvalue weighted by Crippen LogP contribution is -2.22. The van der Waals surface area contributed by atoms with Gasteiger partial charge in [-0.3, -0.25) is 9.59 Å². The summed E-state index contributed by atoms with van der Waals surface area (Å²) in [5, 5.41) is 8.83. The third-order valence-electron chi connectivity index (χ3n) is 4.76. The van der Waals surface area contributed by atoms with Crippen LogP contribution in [-0.4, -0.2) is 18.4 Å². The Bertz CT molecular complexity index is 1020. The van der Waals surface area contributed by atoms with Gasteiger partial charge in [-0.2, -0.15) is 0 Å². The standard InChI is InChI=1S/C25H27N3O3/c1-3-24(29)27-22-10-7-11-23(18(22)2)28-25(30)16-26-20-12-14-21(15-13-20)31-17-19-8-5-4-6-9-19/h4-15,26H,3,16-17H2,1-2H3,(H,27,29)(H,28,30). The normalized spacial score (nSPS) is 10.3. The third-order valence-corrected chi connectivity index (χ3v) is 4.76. The fourth-order valence-electron chi connectivity index (χ4n) is 2.93. The van der Waals surface area contributed by atoms with Crippen LogP contribution in [0.5, 0.6) is 5.75 Å². The topological polar surface area (TPSA) is 79.5 Å². The molecule has 6 nitrogen and oxygen atoms in total. The first-order valence-corrected chi connectivity index (χ1v) is 10.2. The Morgan fingerprint density at radius 2 is 1.45 bits per heavy atom. The van der Waals surface area contributed by atoms with E-state index >= 15 is 0 Å². The summed E-state index contributed by atoms with van der Waals surface area (Å²) < 4.78 is 5.77. The van der Waals surface area contributed by atoms with Gasteiger partial charge in [-0.05, 0) is 54.4 Å². The second-order valence-corrected chi connectivity index (χ2v) is 7.08. The fourth-order valence-corrected chi connectivity index (χ4v) is 2.93. The van der Waals surface area contributed by atoms with Gasteiger partial charge in [0.15, 0.2) is 0 Å². The Balaban J connectivity index is 1.49. The zero-order chi connectivity index (χ0) is 22.1. The number of amides is 2. The first-order valence-electron chi connectivity index (χ1n) is 10.2. The molecule has 160 valence electrons. The first kappa shape index (κ1) is 21.9. The van der Waals surface area contributed by atoms with Crippen molar-refractivity contribution >= 4 is 28.9 Å². The maximum absolute atomic E-state index is 12.4. The molecule has 0 heterocycles. The molecule has 3 aromatic rings. The number of rotatable bonds is 9. The van der Waals surface area contributed by atoms with E-state index < -0.39 is 0 Å². The highest BCUT2D eigenvalue weighted by Gasteiger charge is 2.09. The first-order chi connectivity index (χ1) is 15.0. The van der Waals surface area contributed by atoms with Crippen molar-refractivity contribution < 1.29 is 14.3 Å². The van der Waals surface area contributed by atoms with Gasteiger partial charge in [-0.25, -0.2) is 0 Å². The molecule has 3 aromatic carbocycles. The van der Waals surface area contributed by atoms with Gasteiger partial charge >= 0.3 is 0 Å². The molecule has 6 heteroatoms. The summed E-state index contributed by atoms with van der Waals surface area (Å²) in [5.41, 5.74) is 4.12. The molecule has 0 unspecified atom stereocenters. The molecule has 3 rings (SSSR count). The van der Waals surface area contributed by atoms with Crippen molar-refractivity contribution in [2.45, 2.75) is 26.9 Å². The number of hydrogen-bond donors (Lipinski definition) is 3. The van der Waals surface area contributed by atoms with Crippen LogP contribution in [0.25, 0.3) is 0 Å². The lowest BCUT2D eigenvalue weighted by atomic mass is 10.1. The number of anilines is 3. The van der Waals surface area contributed by atoms with Gasteiger partial charge in [0.25, 0.3) is 0 Å². The maximum Gasteiger partial charge on any atom is 0.243 e. The molecule has 0 saturated heterocycles. The van der Waals surface area contributed by atoms with Gasteiger partial charge in [0.05, 0.1) is 6.54 Å². The van der Waals surface area contributed by atoms with E-state index in [0.29, 0.717) is 24.4 Å². The van der Waals surface area contributed by atoms with E-state index in [-0.39, 0.29) is 18.4 Å². The predicted octanol–water partition coefficient (Wildman–Crippen LogP) is 4.97. The Morgan fingerprint density at radius 3 is 2.10 bits per heavy atom. The molecular weight excluding hydrogens is 390 g/mol. The van der Waals surface area contributed by atoms with Crippen LogP contribution in [0.4, 0.5) is 17.1 Å². The van der Waals surface area contributed by atoms with Gasteiger partial charge in [0.1, 0.15) is 12.4 Å². The average Bonchev–Trinajstić information content (AvgIpc) is 2.80. The highest BCUT2D eigenvalue weighted by molar-refractivity contribution is 5.97. The van der Waals surface area contributed by atoms with E-state index in [4.69, 9.17) is 4.74 Å². The average molecular weight is 418 g/mol. The largest absolute Gasteiger partial charge is 0.489 e. The van der Waals surface area contributed by atoms with E-state index in [1.165, 1.54) is 0 Å². The predicted molar refractivity (Wildman–Crippen MR) is 124 cm³/mol. The maximum atomic E-state index is 12.4. The van der Waals surface area contributed by atoms with Gasteiger partial charge < -0.3 is 20.7 Å². The van der Waals surface area contributed by atoms with Gasteiger partial charge in [0.2, 0.25) is 11.8 Å². The number of carbonyl (C=O) groups is 2. The number of benzene rings is 3. The molecule has 0 aliphatic rings. The van der Waals surface area contributed by atoms with Crippen LogP contribution >= 0.6 is 0 Å². The van der Waals surface area contributed by atoms with Crippen LogP contribution in [0.1, 0.15) is 24.5 Å². The van der Waals surface area contributed by atoms with Crippen molar-refractivity contribution in [3.8, 4) is 5.75 Å². The summed E-state index contributed by atoms with van der Waals surface area (Å²) in [6, 6.07) is 22.9. The number of ether oxygens (including phenoxy) is 1. The molecule has 0 atom stereocenters. The Labute approximate surface area is 182 Å². The van der Waals surface area contributed by atoms with Gasteiger partial charge in [-0.15, -0.1) is 0 Å². The summed E-state index contributed by atoms with van der Waals surface area (Å²) in [6.45, 7) is 4.29. The molecule has 31 heavy (non-hydrogen) atoms.